The molecule has 0 heterocycles. The summed E-state index contributed by atoms with van der Waals surface area (Å²) in [7, 11) is 0. The van der Waals surface area contributed by atoms with Crippen molar-refractivity contribution < 1.29 is 0 Å². The van der Waals surface area contributed by atoms with Crippen LogP contribution in [0.2, 0.25) is 0 Å². The Kier molecular flexibility index (Phi) is 5.60. The van der Waals surface area contributed by atoms with Crippen LogP contribution in [0.25, 0.3) is 0 Å². The summed E-state index contributed by atoms with van der Waals surface area (Å²) in [5.74, 6) is 1.11. The maximum Gasteiger partial charge on any atom is 0.0311 e. The molecule has 1 rings (SSSR count). The minimum Gasteiger partial charge on any atom is -0.314 e. The fourth-order valence-corrected chi connectivity index (χ4v) is 2.52. The Morgan fingerprint density at radius 2 is 2.07 bits per heavy atom. The SMILES string of the molecule is CC(C)NCCSc1ccccc1Br. The number of nitrogens with one attached hydrogen (secondary N) is 1. The minimum absolute atomic E-state index is 0.579. The van der Waals surface area contributed by atoms with E-state index in [1.807, 2.05) is 17.8 Å². The van der Waals surface area contributed by atoms with E-state index in [9.17, 15) is 0 Å². The van der Waals surface area contributed by atoms with Crippen LogP contribution in [0.3, 0.4) is 0 Å². The first-order valence-corrected chi connectivity index (χ1v) is 6.58. The van der Waals surface area contributed by atoms with Crippen molar-refractivity contribution in [2.45, 2.75) is 24.8 Å². The van der Waals surface area contributed by atoms with Gasteiger partial charge in [-0.1, -0.05) is 26.0 Å². The van der Waals surface area contributed by atoms with Gasteiger partial charge in [0.25, 0.3) is 0 Å². The average Bonchev–Trinajstić information content (AvgIpc) is 2.15. The summed E-state index contributed by atoms with van der Waals surface area (Å²) in [6.45, 7) is 5.40. The molecule has 0 radical (unpaired) electrons. The fraction of sp³-hybridized carbons (Fsp3) is 0.455. The molecule has 1 nitrogen and oxygen atoms in total. The van der Waals surface area contributed by atoms with E-state index in [1.54, 1.807) is 0 Å². The summed E-state index contributed by atoms with van der Waals surface area (Å²) in [5.41, 5.74) is 0. The highest BCUT2D eigenvalue weighted by Gasteiger charge is 1.98. The van der Waals surface area contributed by atoms with Crippen molar-refractivity contribution >= 4 is 27.7 Å². The molecule has 0 amide bonds. The monoisotopic (exact) mass is 273 g/mol. The van der Waals surface area contributed by atoms with Crippen LogP contribution in [0.15, 0.2) is 33.6 Å². The summed E-state index contributed by atoms with van der Waals surface area (Å²) in [5, 5.41) is 3.40. The molecule has 14 heavy (non-hydrogen) atoms. The molecular formula is C11H16BrNS. The molecular weight excluding hydrogens is 258 g/mol. The number of rotatable bonds is 5. The second-order valence-electron chi connectivity index (χ2n) is 3.39. The molecule has 0 aliphatic rings. The molecule has 0 aliphatic carbocycles. The predicted molar refractivity (Wildman–Crippen MR) is 68.0 cm³/mol. The van der Waals surface area contributed by atoms with Gasteiger partial charge in [0, 0.05) is 27.7 Å². The summed E-state index contributed by atoms with van der Waals surface area (Å²) >= 11 is 5.42. The maximum absolute atomic E-state index is 3.54. The molecule has 0 unspecified atom stereocenters. The summed E-state index contributed by atoms with van der Waals surface area (Å²) in [4.78, 5) is 1.32. The molecule has 0 spiro atoms. The van der Waals surface area contributed by atoms with Gasteiger partial charge in [-0.25, -0.2) is 0 Å². The van der Waals surface area contributed by atoms with Gasteiger partial charge in [-0.05, 0) is 28.1 Å². The maximum atomic E-state index is 3.54. The number of benzene rings is 1. The Morgan fingerprint density at radius 3 is 2.71 bits per heavy atom. The number of thioether (sulfide) groups is 1. The molecule has 0 aromatic heterocycles. The quantitative estimate of drug-likeness (QED) is 0.651. The third-order valence-corrected chi connectivity index (χ3v) is 3.78. The van der Waals surface area contributed by atoms with E-state index in [2.05, 4.69) is 53.3 Å². The third kappa shape index (κ3) is 4.49. The fourth-order valence-electron chi connectivity index (χ4n) is 1.07. The van der Waals surface area contributed by atoms with Crippen molar-refractivity contribution in [2.75, 3.05) is 12.3 Å². The predicted octanol–water partition coefficient (Wildman–Crippen LogP) is 3.54. The lowest BCUT2D eigenvalue weighted by atomic mass is 10.4. The summed E-state index contributed by atoms with van der Waals surface area (Å²) in [6.07, 6.45) is 0. The van der Waals surface area contributed by atoms with Gasteiger partial charge in [-0.2, -0.15) is 0 Å². The summed E-state index contributed by atoms with van der Waals surface area (Å²) in [6, 6.07) is 8.92. The van der Waals surface area contributed by atoms with E-state index in [0.717, 1.165) is 12.3 Å². The van der Waals surface area contributed by atoms with Crippen molar-refractivity contribution in [3.63, 3.8) is 0 Å². The van der Waals surface area contributed by atoms with Crippen LogP contribution in [-0.2, 0) is 0 Å². The van der Waals surface area contributed by atoms with E-state index < -0.39 is 0 Å². The molecule has 0 saturated carbocycles. The van der Waals surface area contributed by atoms with E-state index in [4.69, 9.17) is 0 Å². The van der Waals surface area contributed by atoms with Crippen molar-refractivity contribution in [3.8, 4) is 0 Å². The first kappa shape index (κ1) is 12.1. The van der Waals surface area contributed by atoms with Gasteiger partial charge < -0.3 is 5.32 Å². The van der Waals surface area contributed by atoms with Crippen LogP contribution in [0, 0.1) is 0 Å². The molecule has 0 fully saturated rings. The topological polar surface area (TPSA) is 12.0 Å². The zero-order valence-corrected chi connectivity index (χ0v) is 11.0. The lowest BCUT2D eigenvalue weighted by Crippen LogP contribution is -2.24. The van der Waals surface area contributed by atoms with Crippen LogP contribution in [0.1, 0.15) is 13.8 Å². The molecule has 0 bridgehead atoms. The molecule has 78 valence electrons. The van der Waals surface area contributed by atoms with Crippen LogP contribution in [0.4, 0.5) is 0 Å². The highest BCUT2D eigenvalue weighted by atomic mass is 79.9. The number of hydrogen-bond acceptors (Lipinski definition) is 2. The molecule has 0 saturated heterocycles. The van der Waals surface area contributed by atoms with Crippen LogP contribution >= 0.6 is 27.7 Å². The molecule has 1 N–H and O–H groups in total. The average molecular weight is 274 g/mol. The van der Waals surface area contributed by atoms with Gasteiger partial charge in [0.15, 0.2) is 0 Å². The van der Waals surface area contributed by atoms with Crippen LogP contribution < -0.4 is 5.32 Å². The summed E-state index contributed by atoms with van der Waals surface area (Å²) < 4.78 is 1.19. The largest absolute Gasteiger partial charge is 0.314 e. The van der Waals surface area contributed by atoms with E-state index in [0.29, 0.717) is 6.04 Å². The van der Waals surface area contributed by atoms with Crippen molar-refractivity contribution in [2.24, 2.45) is 0 Å². The molecule has 1 aromatic carbocycles. The van der Waals surface area contributed by atoms with Crippen LogP contribution in [-0.4, -0.2) is 18.3 Å². The van der Waals surface area contributed by atoms with Gasteiger partial charge in [-0.3, -0.25) is 0 Å². The Morgan fingerprint density at radius 1 is 1.36 bits per heavy atom. The van der Waals surface area contributed by atoms with Gasteiger partial charge in [0.1, 0.15) is 0 Å². The second kappa shape index (κ2) is 6.49. The van der Waals surface area contributed by atoms with Gasteiger partial charge >= 0.3 is 0 Å². The number of hydrogen-bond donors (Lipinski definition) is 1. The van der Waals surface area contributed by atoms with Gasteiger partial charge in [-0.15, -0.1) is 11.8 Å². The van der Waals surface area contributed by atoms with Gasteiger partial charge in [0.2, 0.25) is 0 Å². The Bertz CT molecular complexity index is 276. The highest BCUT2D eigenvalue weighted by Crippen LogP contribution is 2.26. The highest BCUT2D eigenvalue weighted by molar-refractivity contribution is 9.10. The number of halogens is 1. The Labute approximate surface area is 98.8 Å². The van der Waals surface area contributed by atoms with E-state index in [-0.39, 0.29) is 0 Å². The van der Waals surface area contributed by atoms with Gasteiger partial charge in [0.05, 0.1) is 0 Å². The Hall–Kier alpha value is 0.01000. The smallest absolute Gasteiger partial charge is 0.0311 e. The first-order valence-electron chi connectivity index (χ1n) is 4.81. The zero-order chi connectivity index (χ0) is 10.4. The lowest BCUT2D eigenvalue weighted by molar-refractivity contribution is 0.616. The van der Waals surface area contributed by atoms with E-state index >= 15 is 0 Å². The molecule has 3 heteroatoms. The first-order chi connectivity index (χ1) is 6.70. The van der Waals surface area contributed by atoms with Crippen molar-refractivity contribution in [1.82, 2.24) is 5.32 Å². The lowest BCUT2D eigenvalue weighted by Gasteiger charge is -2.08. The minimum atomic E-state index is 0.579. The standard InChI is InChI=1S/C11H16BrNS/c1-9(2)13-7-8-14-11-6-4-3-5-10(11)12/h3-6,9,13H,7-8H2,1-2H3. The third-order valence-electron chi connectivity index (χ3n) is 1.75. The van der Waals surface area contributed by atoms with Crippen molar-refractivity contribution in [3.05, 3.63) is 28.7 Å². The molecule has 0 atom stereocenters. The van der Waals surface area contributed by atoms with E-state index in [1.165, 1.54) is 9.37 Å². The van der Waals surface area contributed by atoms with Crippen molar-refractivity contribution in [1.29, 1.82) is 0 Å². The molecule has 0 aliphatic heterocycles. The van der Waals surface area contributed by atoms with Crippen LogP contribution in [0.5, 0.6) is 0 Å². The normalized spacial score (nSPS) is 10.9. The molecule has 1 aromatic rings. The second-order valence-corrected chi connectivity index (χ2v) is 5.38. The zero-order valence-electron chi connectivity index (χ0n) is 8.59. The Balaban J connectivity index is 2.28.